The summed E-state index contributed by atoms with van der Waals surface area (Å²) in [6.07, 6.45) is 0. The summed E-state index contributed by atoms with van der Waals surface area (Å²) in [5.74, 6) is 0.561. The second-order valence-electron chi connectivity index (χ2n) is 6.55. The summed E-state index contributed by atoms with van der Waals surface area (Å²) < 4.78 is 5.27. The van der Waals surface area contributed by atoms with Gasteiger partial charge in [0.1, 0.15) is 5.75 Å². The Morgan fingerprint density at radius 3 is 2.46 bits per heavy atom. The van der Waals surface area contributed by atoms with Crippen LogP contribution in [0.25, 0.3) is 0 Å². The lowest BCUT2D eigenvalue weighted by Gasteiger charge is -2.34. The van der Waals surface area contributed by atoms with Crippen molar-refractivity contribution in [2.45, 2.75) is 6.54 Å². The monoisotopic (exact) mass is 354 g/mol. The van der Waals surface area contributed by atoms with Crippen LogP contribution in [-0.4, -0.2) is 55.5 Å². The minimum Gasteiger partial charge on any atom is -0.495 e. The first-order valence-corrected chi connectivity index (χ1v) is 8.86. The van der Waals surface area contributed by atoms with Crippen LogP contribution < -0.4 is 15.8 Å². The van der Waals surface area contributed by atoms with Crippen LogP contribution >= 0.6 is 0 Å². The maximum Gasteiger partial charge on any atom is 0.238 e. The molecule has 6 nitrogen and oxygen atoms in total. The van der Waals surface area contributed by atoms with Gasteiger partial charge in [-0.1, -0.05) is 30.3 Å². The molecule has 0 atom stereocenters. The lowest BCUT2D eigenvalue weighted by molar-refractivity contribution is -0.117. The van der Waals surface area contributed by atoms with E-state index in [1.165, 1.54) is 5.56 Å². The fourth-order valence-corrected chi connectivity index (χ4v) is 3.16. The third-order valence-electron chi connectivity index (χ3n) is 4.58. The van der Waals surface area contributed by atoms with Gasteiger partial charge in [-0.05, 0) is 23.8 Å². The zero-order valence-electron chi connectivity index (χ0n) is 15.1. The predicted molar refractivity (Wildman–Crippen MR) is 104 cm³/mol. The lowest BCUT2D eigenvalue weighted by Crippen LogP contribution is -2.48. The van der Waals surface area contributed by atoms with Crippen LogP contribution in [-0.2, 0) is 11.3 Å². The summed E-state index contributed by atoms with van der Waals surface area (Å²) in [5.41, 5.74) is 8.33. The van der Waals surface area contributed by atoms with E-state index < -0.39 is 0 Å². The highest BCUT2D eigenvalue weighted by Gasteiger charge is 2.19. The first kappa shape index (κ1) is 18.2. The van der Waals surface area contributed by atoms with E-state index in [0.29, 0.717) is 23.7 Å². The van der Waals surface area contributed by atoms with E-state index in [-0.39, 0.29) is 5.91 Å². The van der Waals surface area contributed by atoms with Gasteiger partial charge < -0.3 is 15.8 Å². The van der Waals surface area contributed by atoms with Crippen molar-refractivity contribution in [3.05, 3.63) is 54.1 Å². The van der Waals surface area contributed by atoms with Gasteiger partial charge in [0.25, 0.3) is 0 Å². The van der Waals surface area contributed by atoms with Crippen LogP contribution in [0.1, 0.15) is 5.56 Å². The highest BCUT2D eigenvalue weighted by atomic mass is 16.5. The molecule has 3 rings (SSSR count). The Morgan fingerprint density at radius 2 is 1.77 bits per heavy atom. The largest absolute Gasteiger partial charge is 0.495 e. The summed E-state index contributed by atoms with van der Waals surface area (Å²) in [6, 6.07) is 15.7. The molecule has 138 valence electrons. The number of hydrogen-bond acceptors (Lipinski definition) is 5. The van der Waals surface area contributed by atoms with Crippen molar-refractivity contribution in [2.24, 2.45) is 0 Å². The maximum absolute atomic E-state index is 12.4. The molecule has 1 fully saturated rings. The van der Waals surface area contributed by atoms with Crippen molar-refractivity contribution in [1.29, 1.82) is 0 Å². The molecule has 3 N–H and O–H groups in total. The molecular weight excluding hydrogens is 328 g/mol. The van der Waals surface area contributed by atoms with Crippen LogP contribution in [0.4, 0.5) is 11.4 Å². The second kappa shape index (κ2) is 8.69. The molecular formula is C20H26N4O2. The molecule has 1 aliphatic heterocycles. The molecule has 0 spiro atoms. The Balaban J connectivity index is 1.47. The topological polar surface area (TPSA) is 70.8 Å². The SMILES string of the molecule is COc1ccc(N)cc1NC(=O)CN1CCN(Cc2ccccc2)CC1. The van der Waals surface area contributed by atoms with Gasteiger partial charge in [-0.3, -0.25) is 14.6 Å². The zero-order valence-corrected chi connectivity index (χ0v) is 15.1. The van der Waals surface area contributed by atoms with E-state index in [1.807, 2.05) is 6.07 Å². The number of nitrogens with zero attached hydrogens (tertiary/aromatic N) is 2. The van der Waals surface area contributed by atoms with Crippen LogP contribution in [0.15, 0.2) is 48.5 Å². The smallest absolute Gasteiger partial charge is 0.238 e. The third-order valence-corrected chi connectivity index (χ3v) is 4.58. The number of nitrogens with two attached hydrogens (primary N) is 1. The fraction of sp³-hybridized carbons (Fsp3) is 0.350. The number of ether oxygens (including phenoxy) is 1. The molecule has 1 amide bonds. The molecule has 0 saturated carbocycles. The van der Waals surface area contributed by atoms with Gasteiger partial charge in [-0.15, -0.1) is 0 Å². The molecule has 6 heteroatoms. The van der Waals surface area contributed by atoms with E-state index in [0.717, 1.165) is 32.7 Å². The van der Waals surface area contributed by atoms with Crippen LogP contribution in [0, 0.1) is 0 Å². The minimum absolute atomic E-state index is 0.0505. The molecule has 0 unspecified atom stereocenters. The normalized spacial score (nSPS) is 15.6. The third kappa shape index (κ3) is 4.97. The van der Waals surface area contributed by atoms with Crippen molar-refractivity contribution < 1.29 is 9.53 Å². The van der Waals surface area contributed by atoms with Crippen molar-refractivity contribution in [3.8, 4) is 5.75 Å². The second-order valence-corrected chi connectivity index (χ2v) is 6.55. The predicted octanol–water partition coefficient (Wildman–Crippen LogP) is 2.03. The van der Waals surface area contributed by atoms with Gasteiger partial charge in [0.2, 0.25) is 5.91 Å². The van der Waals surface area contributed by atoms with Crippen molar-refractivity contribution in [1.82, 2.24) is 9.80 Å². The average Bonchev–Trinajstić information content (AvgIpc) is 2.64. The van der Waals surface area contributed by atoms with E-state index in [4.69, 9.17) is 10.5 Å². The number of nitrogens with one attached hydrogen (secondary N) is 1. The number of rotatable bonds is 6. The number of amides is 1. The van der Waals surface area contributed by atoms with E-state index in [2.05, 4.69) is 39.4 Å². The molecule has 2 aromatic carbocycles. The standard InChI is InChI=1S/C20H26N4O2/c1-26-19-8-7-17(21)13-18(19)22-20(25)15-24-11-9-23(10-12-24)14-16-5-3-2-4-6-16/h2-8,13H,9-12,14-15,21H2,1H3,(H,22,25). The highest BCUT2D eigenvalue weighted by Crippen LogP contribution is 2.26. The number of piperazine rings is 1. The summed E-state index contributed by atoms with van der Waals surface area (Å²) in [4.78, 5) is 17.0. The maximum atomic E-state index is 12.4. The number of carbonyl (C=O) groups is 1. The zero-order chi connectivity index (χ0) is 18.4. The van der Waals surface area contributed by atoms with Crippen molar-refractivity contribution >= 4 is 17.3 Å². The average molecular weight is 354 g/mol. The van der Waals surface area contributed by atoms with Gasteiger partial charge >= 0.3 is 0 Å². The summed E-state index contributed by atoms with van der Waals surface area (Å²) >= 11 is 0. The molecule has 0 aliphatic carbocycles. The lowest BCUT2D eigenvalue weighted by atomic mass is 10.2. The van der Waals surface area contributed by atoms with Crippen molar-refractivity contribution in [2.75, 3.05) is 50.9 Å². The number of methoxy groups -OCH3 is 1. The molecule has 1 heterocycles. The number of nitrogen functional groups attached to an aromatic ring is 1. The molecule has 2 aromatic rings. The molecule has 1 saturated heterocycles. The number of hydrogen-bond donors (Lipinski definition) is 2. The fourth-order valence-electron chi connectivity index (χ4n) is 3.16. The Morgan fingerprint density at radius 1 is 1.08 bits per heavy atom. The number of benzene rings is 2. The number of carbonyl (C=O) groups excluding carboxylic acids is 1. The van der Waals surface area contributed by atoms with E-state index in [9.17, 15) is 4.79 Å². The molecule has 0 aromatic heterocycles. The first-order valence-electron chi connectivity index (χ1n) is 8.86. The Hall–Kier alpha value is -2.57. The van der Waals surface area contributed by atoms with Gasteiger partial charge in [0.05, 0.1) is 19.3 Å². The van der Waals surface area contributed by atoms with Crippen molar-refractivity contribution in [3.63, 3.8) is 0 Å². The summed E-state index contributed by atoms with van der Waals surface area (Å²) in [6.45, 7) is 5.02. The quantitative estimate of drug-likeness (QED) is 0.777. The minimum atomic E-state index is -0.0505. The molecule has 0 radical (unpaired) electrons. The van der Waals surface area contributed by atoms with E-state index >= 15 is 0 Å². The Labute approximate surface area is 154 Å². The molecule has 1 aliphatic rings. The highest BCUT2D eigenvalue weighted by molar-refractivity contribution is 5.94. The molecule has 26 heavy (non-hydrogen) atoms. The summed E-state index contributed by atoms with van der Waals surface area (Å²) in [7, 11) is 1.58. The Kier molecular flexibility index (Phi) is 6.09. The molecule has 0 bridgehead atoms. The van der Waals surface area contributed by atoms with Gasteiger partial charge in [-0.2, -0.15) is 0 Å². The summed E-state index contributed by atoms with van der Waals surface area (Å²) in [5, 5.41) is 2.90. The number of anilines is 2. The van der Waals surface area contributed by atoms with Crippen LogP contribution in [0.5, 0.6) is 5.75 Å². The Bertz CT molecular complexity index is 728. The first-order chi connectivity index (χ1) is 12.6. The van der Waals surface area contributed by atoms with Gasteiger partial charge in [0.15, 0.2) is 0 Å². The van der Waals surface area contributed by atoms with Crippen LogP contribution in [0.2, 0.25) is 0 Å². The van der Waals surface area contributed by atoms with Gasteiger partial charge in [0, 0.05) is 38.4 Å². The van der Waals surface area contributed by atoms with Gasteiger partial charge in [-0.25, -0.2) is 0 Å². The van der Waals surface area contributed by atoms with Crippen LogP contribution in [0.3, 0.4) is 0 Å². The van der Waals surface area contributed by atoms with E-state index in [1.54, 1.807) is 25.3 Å².